The molecule has 0 N–H and O–H groups in total. The van der Waals surface area contributed by atoms with Gasteiger partial charge in [-0.1, -0.05) is 30.3 Å². The molecule has 2 aromatic rings. The summed E-state index contributed by atoms with van der Waals surface area (Å²) >= 11 is 0. The van der Waals surface area contributed by atoms with Gasteiger partial charge >= 0.3 is 6.85 Å². The van der Waals surface area contributed by atoms with Gasteiger partial charge in [0.2, 0.25) is 0 Å². The Kier molecular flexibility index (Phi) is 3.13. The lowest BCUT2D eigenvalue weighted by Crippen LogP contribution is -2.60. The van der Waals surface area contributed by atoms with Crippen molar-refractivity contribution in [2.75, 3.05) is 11.9 Å². The van der Waals surface area contributed by atoms with Gasteiger partial charge in [-0.15, -0.1) is 0 Å². The summed E-state index contributed by atoms with van der Waals surface area (Å²) in [5, 5.41) is 0. The van der Waals surface area contributed by atoms with Crippen molar-refractivity contribution in [3.8, 4) is 0 Å². The third-order valence-corrected chi connectivity index (χ3v) is 4.28. The summed E-state index contributed by atoms with van der Waals surface area (Å²) < 4.78 is 2.24. The summed E-state index contributed by atoms with van der Waals surface area (Å²) in [6.07, 6.45) is 4.45. The van der Waals surface area contributed by atoms with E-state index >= 15 is 0 Å². The standard InChI is InChI=1S/C17H20BN2/c1-13-11-17(19(3)12-14(13)2)18-10-9-15-7-5-6-8-16(15)20(18)4/h5-12H,1-4H3/q+1. The maximum Gasteiger partial charge on any atom is 0.396 e. The van der Waals surface area contributed by atoms with E-state index in [1.165, 1.54) is 28.0 Å². The third kappa shape index (κ3) is 2.03. The number of anilines is 1. The Balaban J connectivity index is 2.08. The largest absolute Gasteiger partial charge is 0.405 e. The third-order valence-electron chi connectivity index (χ3n) is 4.28. The minimum Gasteiger partial charge on any atom is -0.405 e. The van der Waals surface area contributed by atoms with Crippen LogP contribution in [0, 0.1) is 13.8 Å². The van der Waals surface area contributed by atoms with Gasteiger partial charge in [-0.3, -0.25) is 0 Å². The number of aryl methyl sites for hydroxylation is 3. The first kappa shape index (κ1) is 13.0. The van der Waals surface area contributed by atoms with Crippen molar-refractivity contribution in [3.05, 3.63) is 59.2 Å². The van der Waals surface area contributed by atoms with Gasteiger partial charge in [0.05, 0.1) is 0 Å². The van der Waals surface area contributed by atoms with Gasteiger partial charge in [-0.2, -0.15) is 0 Å². The number of rotatable bonds is 1. The lowest BCUT2D eigenvalue weighted by molar-refractivity contribution is -0.654. The van der Waals surface area contributed by atoms with Gasteiger partial charge in [0.1, 0.15) is 7.05 Å². The first-order chi connectivity index (χ1) is 9.58. The van der Waals surface area contributed by atoms with Crippen LogP contribution >= 0.6 is 0 Å². The van der Waals surface area contributed by atoms with Crippen LogP contribution in [0.3, 0.4) is 0 Å². The van der Waals surface area contributed by atoms with Crippen LogP contribution in [-0.4, -0.2) is 13.9 Å². The molecule has 3 heteroatoms. The van der Waals surface area contributed by atoms with E-state index in [2.05, 4.69) is 85.9 Å². The van der Waals surface area contributed by atoms with E-state index in [0.717, 1.165) is 0 Å². The molecule has 2 heterocycles. The molecule has 0 fully saturated rings. The predicted octanol–water partition coefficient (Wildman–Crippen LogP) is 2.03. The number of para-hydroxylation sites is 1. The highest BCUT2D eigenvalue weighted by Gasteiger charge is 2.32. The molecular weight excluding hydrogens is 243 g/mol. The molecule has 1 aromatic carbocycles. The summed E-state index contributed by atoms with van der Waals surface area (Å²) in [6, 6.07) is 10.8. The van der Waals surface area contributed by atoms with E-state index in [1.54, 1.807) is 0 Å². The second-order valence-corrected chi connectivity index (χ2v) is 5.65. The van der Waals surface area contributed by atoms with Crippen molar-refractivity contribution in [2.45, 2.75) is 13.8 Å². The molecule has 1 aromatic heterocycles. The molecule has 0 aliphatic carbocycles. The Labute approximate surface area is 121 Å². The van der Waals surface area contributed by atoms with Gasteiger partial charge in [-0.05, 0) is 38.1 Å². The zero-order valence-corrected chi connectivity index (χ0v) is 12.6. The van der Waals surface area contributed by atoms with Crippen LogP contribution in [-0.2, 0) is 7.05 Å². The minimum absolute atomic E-state index is 0.286. The average Bonchev–Trinajstić information content (AvgIpc) is 2.44. The Hall–Kier alpha value is -2.03. The monoisotopic (exact) mass is 263 g/mol. The molecule has 20 heavy (non-hydrogen) atoms. The fourth-order valence-corrected chi connectivity index (χ4v) is 2.92. The highest BCUT2D eigenvalue weighted by molar-refractivity contribution is 6.80. The topological polar surface area (TPSA) is 7.12 Å². The first-order valence-corrected chi connectivity index (χ1v) is 7.05. The summed E-state index contributed by atoms with van der Waals surface area (Å²) in [5.41, 5.74) is 6.58. The van der Waals surface area contributed by atoms with Crippen LogP contribution in [0.15, 0.2) is 42.5 Å². The zero-order chi connectivity index (χ0) is 14.3. The lowest BCUT2D eigenvalue weighted by atomic mass is 9.54. The van der Waals surface area contributed by atoms with E-state index in [9.17, 15) is 0 Å². The highest BCUT2D eigenvalue weighted by atomic mass is 15.1. The van der Waals surface area contributed by atoms with Crippen molar-refractivity contribution < 1.29 is 4.57 Å². The van der Waals surface area contributed by atoms with Crippen LogP contribution in [0.1, 0.15) is 16.7 Å². The predicted molar refractivity (Wildman–Crippen MR) is 86.4 cm³/mol. The van der Waals surface area contributed by atoms with Crippen molar-refractivity contribution in [3.63, 3.8) is 0 Å². The molecule has 100 valence electrons. The second-order valence-electron chi connectivity index (χ2n) is 5.65. The molecule has 0 unspecified atom stereocenters. The Morgan fingerprint density at radius 2 is 1.85 bits per heavy atom. The fraction of sp³-hybridized carbons (Fsp3) is 0.235. The van der Waals surface area contributed by atoms with Gasteiger partial charge < -0.3 is 4.81 Å². The Bertz CT molecular complexity index is 691. The van der Waals surface area contributed by atoms with Gasteiger partial charge in [0.15, 0.2) is 11.8 Å². The Morgan fingerprint density at radius 3 is 2.65 bits per heavy atom. The van der Waals surface area contributed by atoms with Gasteiger partial charge in [0, 0.05) is 17.3 Å². The highest BCUT2D eigenvalue weighted by Crippen LogP contribution is 2.25. The van der Waals surface area contributed by atoms with Crippen molar-refractivity contribution in [2.24, 2.45) is 7.05 Å². The second kappa shape index (κ2) is 4.82. The molecule has 0 bridgehead atoms. The van der Waals surface area contributed by atoms with Crippen molar-refractivity contribution >= 4 is 24.2 Å². The molecule has 0 atom stereocenters. The summed E-state index contributed by atoms with van der Waals surface area (Å²) in [4.78, 5) is 2.35. The van der Waals surface area contributed by atoms with E-state index in [1.807, 2.05) is 0 Å². The lowest BCUT2D eigenvalue weighted by Gasteiger charge is -2.28. The number of pyridine rings is 1. The summed E-state index contributed by atoms with van der Waals surface area (Å²) in [6.45, 7) is 4.63. The summed E-state index contributed by atoms with van der Waals surface area (Å²) in [5.74, 6) is 2.28. The summed E-state index contributed by atoms with van der Waals surface area (Å²) in [7, 11) is 4.30. The van der Waals surface area contributed by atoms with Crippen LogP contribution in [0.2, 0.25) is 0 Å². The molecular formula is C17H20BN2+. The van der Waals surface area contributed by atoms with Crippen molar-refractivity contribution in [1.29, 1.82) is 0 Å². The number of nitrogens with zero attached hydrogens (tertiary/aromatic N) is 2. The van der Waals surface area contributed by atoms with E-state index < -0.39 is 0 Å². The van der Waals surface area contributed by atoms with E-state index in [4.69, 9.17) is 0 Å². The van der Waals surface area contributed by atoms with Gasteiger partial charge in [0.25, 0.3) is 0 Å². The smallest absolute Gasteiger partial charge is 0.396 e. The van der Waals surface area contributed by atoms with E-state index in [-0.39, 0.29) is 6.85 Å². The van der Waals surface area contributed by atoms with E-state index in [0.29, 0.717) is 0 Å². The first-order valence-electron chi connectivity index (χ1n) is 7.05. The van der Waals surface area contributed by atoms with Crippen molar-refractivity contribution in [1.82, 2.24) is 0 Å². The number of hydrogen-bond acceptors (Lipinski definition) is 1. The Morgan fingerprint density at radius 1 is 1.10 bits per heavy atom. The maximum absolute atomic E-state index is 2.35. The zero-order valence-electron chi connectivity index (χ0n) is 12.6. The molecule has 2 nitrogen and oxygen atoms in total. The SMILES string of the molecule is Cc1cc(B2C=Cc3ccccc3N2C)[n+](C)cc1C. The van der Waals surface area contributed by atoms with Crippen LogP contribution in [0.25, 0.3) is 6.08 Å². The van der Waals surface area contributed by atoms with Gasteiger partial charge in [-0.25, -0.2) is 4.57 Å². The minimum atomic E-state index is 0.286. The molecule has 0 saturated heterocycles. The van der Waals surface area contributed by atoms with Crippen LogP contribution in [0.5, 0.6) is 0 Å². The number of hydrogen-bond donors (Lipinski definition) is 0. The van der Waals surface area contributed by atoms with Crippen LogP contribution in [0.4, 0.5) is 5.69 Å². The van der Waals surface area contributed by atoms with Crippen LogP contribution < -0.4 is 15.0 Å². The number of fused-ring (bicyclic) bond motifs is 1. The fourth-order valence-electron chi connectivity index (χ4n) is 2.92. The molecule has 0 radical (unpaired) electrons. The molecule has 1 aliphatic heterocycles. The number of benzene rings is 1. The molecule has 0 saturated carbocycles. The maximum atomic E-state index is 2.35. The molecule has 1 aliphatic rings. The average molecular weight is 263 g/mol. The normalized spacial score (nSPS) is 13.6. The molecule has 0 amide bonds. The molecule has 0 spiro atoms. The molecule has 3 rings (SSSR count). The number of aromatic nitrogens is 1. The quantitative estimate of drug-likeness (QED) is 0.564.